The Balaban J connectivity index is 1.80. The van der Waals surface area contributed by atoms with Crippen LogP contribution in [0.4, 0.5) is 0 Å². The van der Waals surface area contributed by atoms with E-state index in [0.717, 1.165) is 23.7 Å². The van der Waals surface area contributed by atoms with E-state index in [9.17, 15) is 8.42 Å². The van der Waals surface area contributed by atoms with E-state index in [4.69, 9.17) is 11.6 Å². The summed E-state index contributed by atoms with van der Waals surface area (Å²) in [6.45, 7) is 3.06. The number of nitrogens with one attached hydrogen (secondary N) is 1. The molecule has 0 amide bonds. The molecule has 1 aromatic heterocycles. The highest BCUT2D eigenvalue weighted by Crippen LogP contribution is 2.35. The van der Waals surface area contributed by atoms with Crippen LogP contribution in [0, 0.1) is 0 Å². The van der Waals surface area contributed by atoms with Crippen molar-refractivity contribution in [2.45, 2.75) is 32.1 Å². The molecule has 7 heteroatoms. The molecular formula is C15H20ClN3O2S. The Morgan fingerprint density at radius 2 is 2.09 bits per heavy atom. The number of hydrogen-bond donors (Lipinski definition) is 1. The minimum Gasteiger partial charge on any atom is -0.278 e. The normalized spacial score (nSPS) is 18.1. The fraction of sp³-hybridized carbons (Fsp3) is 0.533. The zero-order valence-electron chi connectivity index (χ0n) is 12.5. The van der Waals surface area contributed by atoms with E-state index in [1.807, 2.05) is 25.3 Å². The van der Waals surface area contributed by atoms with Gasteiger partial charge in [0.2, 0.25) is 10.0 Å². The Morgan fingerprint density at radius 3 is 2.77 bits per heavy atom. The first-order valence-corrected chi connectivity index (χ1v) is 9.60. The topological polar surface area (TPSA) is 66.1 Å². The van der Waals surface area contributed by atoms with Gasteiger partial charge in [-0.15, -0.1) is 0 Å². The molecule has 1 aliphatic heterocycles. The van der Waals surface area contributed by atoms with Gasteiger partial charge in [0, 0.05) is 23.5 Å². The fourth-order valence-corrected chi connectivity index (χ4v) is 4.98. The third-order valence-corrected chi connectivity index (χ3v) is 6.60. The van der Waals surface area contributed by atoms with Gasteiger partial charge >= 0.3 is 0 Å². The number of sulfonamides is 1. The lowest BCUT2D eigenvalue weighted by molar-refractivity contribution is 0.320. The van der Waals surface area contributed by atoms with Gasteiger partial charge < -0.3 is 0 Å². The van der Waals surface area contributed by atoms with Gasteiger partial charge in [0.25, 0.3) is 0 Å². The summed E-state index contributed by atoms with van der Waals surface area (Å²) in [7, 11) is -3.09. The Hall–Kier alpha value is -1.11. The van der Waals surface area contributed by atoms with Crippen LogP contribution in [-0.2, 0) is 10.0 Å². The first kappa shape index (κ1) is 15.8. The molecule has 0 unspecified atom stereocenters. The number of aromatic nitrogens is 2. The molecule has 2 heterocycles. The second-order valence-electron chi connectivity index (χ2n) is 5.82. The second-order valence-corrected chi connectivity index (χ2v) is 8.34. The molecule has 0 atom stereocenters. The zero-order chi connectivity index (χ0) is 15.7. The first-order chi connectivity index (χ1) is 10.5. The van der Waals surface area contributed by atoms with Crippen LogP contribution in [0.1, 0.15) is 37.7 Å². The average molecular weight is 342 g/mol. The maximum Gasteiger partial charge on any atom is 0.214 e. The molecule has 0 saturated carbocycles. The summed E-state index contributed by atoms with van der Waals surface area (Å²) in [6.07, 6.45) is 4.13. The molecule has 1 saturated heterocycles. The highest BCUT2D eigenvalue weighted by molar-refractivity contribution is 7.89. The molecule has 22 heavy (non-hydrogen) atoms. The van der Waals surface area contributed by atoms with Gasteiger partial charge in [-0.25, -0.2) is 12.7 Å². The molecular weight excluding hydrogens is 322 g/mol. The first-order valence-electron chi connectivity index (χ1n) is 7.61. The van der Waals surface area contributed by atoms with Crippen molar-refractivity contribution in [1.82, 2.24) is 14.5 Å². The average Bonchev–Trinajstić information content (AvgIpc) is 2.94. The lowest BCUT2D eigenvalue weighted by Crippen LogP contribution is -2.39. The molecule has 1 fully saturated rings. The standard InChI is InChI=1S/C15H20ClN3O2S/c1-2-7-22(20,21)19-5-3-11(4-6-19)13-8-12(16)9-15-14(13)10-17-18-15/h8-11H,2-7H2,1H3,(H,17,18). The molecule has 1 aliphatic rings. The molecule has 120 valence electrons. The lowest BCUT2D eigenvalue weighted by Gasteiger charge is -2.31. The summed E-state index contributed by atoms with van der Waals surface area (Å²) in [4.78, 5) is 0. The highest BCUT2D eigenvalue weighted by Gasteiger charge is 2.29. The molecule has 1 aromatic carbocycles. The molecule has 3 rings (SSSR count). The van der Waals surface area contributed by atoms with Gasteiger partial charge in [0.05, 0.1) is 17.5 Å². The summed E-state index contributed by atoms with van der Waals surface area (Å²) >= 11 is 6.19. The molecule has 1 N–H and O–H groups in total. The van der Waals surface area contributed by atoms with E-state index in [1.54, 1.807) is 4.31 Å². The predicted molar refractivity (Wildman–Crippen MR) is 88.7 cm³/mol. The van der Waals surface area contributed by atoms with Gasteiger partial charge in [-0.3, -0.25) is 5.10 Å². The maximum absolute atomic E-state index is 12.1. The number of hydrogen-bond acceptors (Lipinski definition) is 3. The van der Waals surface area contributed by atoms with Crippen molar-refractivity contribution in [2.75, 3.05) is 18.8 Å². The molecule has 5 nitrogen and oxygen atoms in total. The van der Waals surface area contributed by atoms with Crippen LogP contribution in [0.2, 0.25) is 5.02 Å². The zero-order valence-corrected chi connectivity index (χ0v) is 14.1. The second kappa shape index (κ2) is 6.18. The Morgan fingerprint density at radius 1 is 1.36 bits per heavy atom. The van der Waals surface area contributed by atoms with Gasteiger partial charge in [-0.1, -0.05) is 18.5 Å². The van der Waals surface area contributed by atoms with Crippen molar-refractivity contribution in [3.05, 3.63) is 28.9 Å². The van der Waals surface area contributed by atoms with Gasteiger partial charge in [-0.05, 0) is 42.9 Å². The lowest BCUT2D eigenvalue weighted by atomic mass is 9.88. The van der Waals surface area contributed by atoms with Crippen LogP contribution < -0.4 is 0 Å². The van der Waals surface area contributed by atoms with Gasteiger partial charge in [-0.2, -0.15) is 5.10 Å². The summed E-state index contributed by atoms with van der Waals surface area (Å²) in [5.41, 5.74) is 2.10. The highest BCUT2D eigenvalue weighted by atomic mass is 35.5. The largest absolute Gasteiger partial charge is 0.278 e. The summed E-state index contributed by atoms with van der Waals surface area (Å²) in [5, 5.41) is 8.81. The van der Waals surface area contributed by atoms with Gasteiger partial charge in [0.1, 0.15) is 0 Å². The van der Waals surface area contributed by atoms with E-state index in [0.29, 0.717) is 30.5 Å². The minimum atomic E-state index is -3.09. The van der Waals surface area contributed by atoms with Crippen molar-refractivity contribution < 1.29 is 8.42 Å². The van der Waals surface area contributed by atoms with Gasteiger partial charge in [0.15, 0.2) is 0 Å². The van der Waals surface area contributed by atoms with Crippen molar-refractivity contribution in [2.24, 2.45) is 0 Å². The number of H-pyrrole nitrogens is 1. The smallest absolute Gasteiger partial charge is 0.214 e. The Labute approximate surface area is 135 Å². The number of fused-ring (bicyclic) bond motifs is 1. The van der Waals surface area contributed by atoms with E-state index < -0.39 is 10.0 Å². The number of aromatic amines is 1. The van der Waals surface area contributed by atoms with Crippen LogP contribution in [0.5, 0.6) is 0 Å². The maximum atomic E-state index is 12.1. The SMILES string of the molecule is CCCS(=O)(=O)N1CCC(c2cc(Cl)cc3[nH]ncc23)CC1. The van der Waals surface area contributed by atoms with Crippen molar-refractivity contribution in [3.63, 3.8) is 0 Å². The molecule has 0 spiro atoms. The quantitative estimate of drug-likeness (QED) is 0.929. The summed E-state index contributed by atoms with van der Waals surface area (Å²) < 4.78 is 25.9. The van der Waals surface area contributed by atoms with Crippen molar-refractivity contribution in [3.8, 4) is 0 Å². The number of halogens is 1. The van der Waals surface area contributed by atoms with E-state index in [-0.39, 0.29) is 5.75 Å². The van der Waals surface area contributed by atoms with Crippen molar-refractivity contribution in [1.29, 1.82) is 0 Å². The van der Waals surface area contributed by atoms with E-state index in [2.05, 4.69) is 10.2 Å². The van der Waals surface area contributed by atoms with E-state index in [1.165, 1.54) is 5.56 Å². The molecule has 2 aromatic rings. The molecule has 0 aliphatic carbocycles. The number of piperidine rings is 1. The molecule has 0 radical (unpaired) electrons. The van der Waals surface area contributed by atoms with E-state index >= 15 is 0 Å². The summed E-state index contributed by atoms with van der Waals surface area (Å²) in [6, 6.07) is 3.86. The molecule has 0 bridgehead atoms. The number of rotatable bonds is 4. The number of benzene rings is 1. The number of nitrogens with zero attached hydrogens (tertiary/aromatic N) is 2. The monoisotopic (exact) mass is 341 g/mol. The van der Waals surface area contributed by atoms with Crippen LogP contribution in [0.15, 0.2) is 18.3 Å². The summed E-state index contributed by atoms with van der Waals surface area (Å²) in [5.74, 6) is 0.563. The Kier molecular flexibility index (Phi) is 4.43. The predicted octanol–water partition coefficient (Wildman–Crippen LogP) is 3.14. The van der Waals surface area contributed by atoms with Crippen molar-refractivity contribution >= 4 is 32.5 Å². The van der Waals surface area contributed by atoms with Crippen LogP contribution in [-0.4, -0.2) is 41.8 Å². The van der Waals surface area contributed by atoms with Crippen LogP contribution >= 0.6 is 11.6 Å². The minimum absolute atomic E-state index is 0.237. The third kappa shape index (κ3) is 3.00. The van der Waals surface area contributed by atoms with Crippen LogP contribution in [0.25, 0.3) is 10.9 Å². The van der Waals surface area contributed by atoms with Crippen LogP contribution in [0.3, 0.4) is 0 Å². The Bertz CT molecular complexity index is 764. The fourth-order valence-electron chi connectivity index (χ4n) is 3.21. The third-order valence-electron chi connectivity index (χ3n) is 4.30.